The van der Waals surface area contributed by atoms with E-state index in [0.717, 1.165) is 37.5 Å². The minimum absolute atomic E-state index is 0.0335. The Morgan fingerprint density at radius 2 is 1.60 bits per heavy atom. The highest BCUT2D eigenvalue weighted by Crippen LogP contribution is 2.39. The van der Waals surface area contributed by atoms with Gasteiger partial charge in [0.05, 0.1) is 22.9 Å². The van der Waals surface area contributed by atoms with Crippen LogP contribution in [-0.2, 0) is 25.8 Å². The maximum atomic E-state index is 14.1. The number of fused-ring (bicyclic) bond motifs is 1. The third-order valence-corrected chi connectivity index (χ3v) is 12.0. The van der Waals surface area contributed by atoms with E-state index in [1.54, 1.807) is 12.1 Å². The molecule has 0 radical (unpaired) electrons. The van der Waals surface area contributed by atoms with Gasteiger partial charge in [-0.25, -0.2) is 8.42 Å². The summed E-state index contributed by atoms with van der Waals surface area (Å²) in [5, 5.41) is 20.6. The van der Waals surface area contributed by atoms with Crippen LogP contribution < -0.4 is 16.0 Å². The number of aromatic nitrogens is 1. The minimum Gasteiger partial charge on any atom is -0.390 e. The number of nitrogens with one attached hydrogen (secondary N) is 3. The molecule has 6 unspecified atom stereocenters. The smallest absolute Gasteiger partial charge is 0.270 e. The Hall–Kier alpha value is -3.35. The van der Waals surface area contributed by atoms with Crippen LogP contribution in [0.25, 0.3) is 0 Å². The lowest BCUT2D eigenvalue weighted by atomic mass is 9.72. The van der Waals surface area contributed by atoms with Crippen molar-refractivity contribution in [1.29, 1.82) is 0 Å². The van der Waals surface area contributed by atoms with E-state index in [1.807, 2.05) is 51.1 Å². The van der Waals surface area contributed by atoms with Crippen LogP contribution in [0.5, 0.6) is 0 Å². The minimum atomic E-state index is -3.87. The SMILES string of the molecule is CC(C)(C)NC(=O)C1CC2CCCCC2CN1CC(O)C(Cc1ccccc1)NC(=O)C(NC(=O)c1ccccn1)C(C)(C)S(C)(=O)=O. The molecule has 1 aliphatic heterocycles. The Kier molecular flexibility index (Phi) is 12.1. The van der Waals surface area contributed by atoms with Gasteiger partial charge in [0, 0.05) is 31.1 Å². The predicted octanol–water partition coefficient (Wildman–Crippen LogP) is 2.89. The highest BCUT2D eigenvalue weighted by Gasteiger charge is 2.46. The van der Waals surface area contributed by atoms with Crippen LogP contribution in [0.15, 0.2) is 54.7 Å². The number of hydrogen-bond donors (Lipinski definition) is 4. The Morgan fingerprint density at radius 3 is 2.21 bits per heavy atom. The molecule has 3 amide bonds. The van der Waals surface area contributed by atoms with E-state index in [0.29, 0.717) is 24.8 Å². The monoisotopic (exact) mass is 683 g/mol. The van der Waals surface area contributed by atoms with Crippen molar-refractivity contribution < 1.29 is 27.9 Å². The number of β-amino-alcohol motifs (C(OH)–C–C–N with tert-alkyl or cyclic N) is 1. The van der Waals surface area contributed by atoms with Crippen LogP contribution in [0.1, 0.15) is 82.8 Å². The molecule has 48 heavy (non-hydrogen) atoms. The van der Waals surface area contributed by atoms with Crippen molar-refractivity contribution in [2.45, 2.75) is 108 Å². The second-order valence-electron chi connectivity index (χ2n) is 15.1. The summed E-state index contributed by atoms with van der Waals surface area (Å²) in [4.78, 5) is 47.0. The maximum absolute atomic E-state index is 14.1. The van der Waals surface area contributed by atoms with Gasteiger partial charge in [-0.3, -0.25) is 24.3 Å². The number of piperidine rings is 1. The number of sulfone groups is 1. The first-order valence-corrected chi connectivity index (χ1v) is 18.9. The van der Waals surface area contributed by atoms with Crippen molar-refractivity contribution in [1.82, 2.24) is 25.8 Å². The van der Waals surface area contributed by atoms with Crippen molar-refractivity contribution in [2.24, 2.45) is 11.8 Å². The zero-order chi connectivity index (χ0) is 35.3. The van der Waals surface area contributed by atoms with Crippen LogP contribution in [0.4, 0.5) is 0 Å². The fraction of sp³-hybridized carbons (Fsp3) is 0.611. The second kappa shape index (κ2) is 15.5. The molecule has 11 nitrogen and oxygen atoms in total. The molecular formula is C36H53N5O6S. The summed E-state index contributed by atoms with van der Waals surface area (Å²) >= 11 is 0. The lowest BCUT2D eigenvalue weighted by molar-refractivity contribution is -0.133. The quantitative estimate of drug-likeness (QED) is 0.266. The molecule has 1 saturated heterocycles. The van der Waals surface area contributed by atoms with Crippen LogP contribution in [0, 0.1) is 11.8 Å². The van der Waals surface area contributed by atoms with Crippen LogP contribution >= 0.6 is 0 Å². The number of carbonyl (C=O) groups excluding carboxylic acids is 3. The predicted molar refractivity (Wildman–Crippen MR) is 186 cm³/mol. The molecular weight excluding hydrogens is 630 g/mol. The molecule has 1 aliphatic carbocycles. The Bertz CT molecular complexity index is 1510. The normalized spacial score (nSPS) is 22.4. The van der Waals surface area contributed by atoms with Crippen molar-refractivity contribution in [3.05, 3.63) is 66.0 Å². The zero-order valence-electron chi connectivity index (χ0n) is 29.1. The van der Waals surface area contributed by atoms with E-state index in [2.05, 4.69) is 25.8 Å². The largest absolute Gasteiger partial charge is 0.390 e. The lowest BCUT2D eigenvalue weighted by Gasteiger charge is -2.47. The van der Waals surface area contributed by atoms with E-state index >= 15 is 0 Å². The topological polar surface area (TPSA) is 158 Å². The van der Waals surface area contributed by atoms with Crippen molar-refractivity contribution in [2.75, 3.05) is 19.3 Å². The van der Waals surface area contributed by atoms with Gasteiger partial charge in [0.1, 0.15) is 11.7 Å². The summed E-state index contributed by atoms with van der Waals surface area (Å²) < 4.78 is 24.2. The lowest BCUT2D eigenvalue weighted by Crippen LogP contribution is -2.64. The number of rotatable bonds is 12. The number of hydrogen-bond acceptors (Lipinski definition) is 8. The standard InChI is InChI=1S/C36H53N5O6S/c1-35(2,3)40-33(44)29-21-25-16-10-11-17-26(25)22-41(29)23-30(42)28(20-24-14-8-7-9-15-24)38-34(45)31(36(4,5)48(6,46)47)39-32(43)27-18-12-13-19-37-27/h7-9,12-15,18-19,25-26,28-31,42H,10-11,16-17,20-23H2,1-6H3,(H,38,45)(H,39,43)(H,40,44). The van der Waals surface area contributed by atoms with Gasteiger partial charge in [0.25, 0.3) is 5.91 Å². The average Bonchev–Trinajstić information content (AvgIpc) is 3.02. The molecule has 2 aliphatic rings. The summed E-state index contributed by atoms with van der Waals surface area (Å²) in [6, 6.07) is 11.3. The van der Waals surface area contributed by atoms with Gasteiger partial charge in [-0.15, -0.1) is 0 Å². The number of amides is 3. The van der Waals surface area contributed by atoms with E-state index < -0.39 is 56.2 Å². The molecule has 0 bridgehead atoms. The van der Waals surface area contributed by atoms with Gasteiger partial charge in [0.15, 0.2) is 9.84 Å². The summed E-state index contributed by atoms with van der Waals surface area (Å²) in [6.45, 7) is 9.42. The van der Waals surface area contributed by atoms with Gasteiger partial charge < -0.3 is 21.1 Å². The Labute approximate surface area is 285 Å². The summed E-state index contributed by atoms with van der Waals surface area (Å²) in [5.74, 6) is -0.647. The number of nitrogens with zero attached hydrogens (tertiary/aromatic N) is 2. The average molecular weight is 684 g/mol. The van der Waals surface area contributed by atoms with Crippen molar-refractivity contribution in [3.63, 3.8) is 0 Å². The first kappa shape index (κ1) is 37.5. The number of carbonyl (C=O) groups is 3. The van der Waals surface area contributed by atoms with E-state index in [1.165, 1.54) is 26.1 Å². The van der Waals surface area contributed by atoms with Crippen molar-refractivity contribution >= 4 is 27.6 Å². The molecule has 6 atom stereocenters. The zero-order valence-corrected chi connectivity index (χ0v) is 29.9. The highest BCUT2D eigenvalue weighted by atomic mass is 32.2. The third-order valence-electron chi connectivity index (χ3n) is 9.90. The van der Waals surface area contributed by atoms with Gasteiger partial charge >= 0.3 is 0 Å². The van der Waals surface area contributed by atoms with E-state index in [9.17, 15) is 27.9 Å². The fourth-order valence-electron chi connectivity index (χ4n) is 6.88. The number of benzene rings is 1. The fourth-order valence-corrected chi connectivity index (χ4v) is 7.48. The van der Waals surface area contributed by atoms with E-state index in [-0.39, 0.29) is 24.6 Å². The molecule has 1 saturated carbocycles. The van der Waals surface area contributed by atoms with Gasteiger partial charge in [-0.2, -0.15) is 0 Å². The van der Waals surface area contributed by atoms with E-state index in [4.69, 9.17) is 0 Å². The molecule has 2 fully saturated rings. The van der Waals surface area contributed by atoms with Crippen LogP contribution in [0.3, 0.4) is 0 Å². The first-order chi connectivity index (χ1) is 22.5. The molecule has 2 heterocycles. The van der Waals surface area contributed by atoms with Gasteiger partial charge in [-0.1, -0.05) is 55.7 Å². The number of pyridine rings is 1. The molecule has 1 aromatic heterocycles. The summed E-state index contributed by atoms with van der Waals surface area (Å²) in [5.41, 5.74) is 0.466. The number of aliphatic hydroxyl groups excluding tert-OH is 1. The Morgan fingerprint density at radius 1 is 0.958 bits per heavy atom. The summed E-state index contributed by atoms with van der Waals surface area (Å²) in [7, 11) is -3.87. The molecule has 0 spiro atoms. The Balaban J connectivity index is 1.63. The third kappa shape index (κ3) is 9.63. The first-order valence-electron chi connectivity index (χ1n) is 17.0. The highest BCUT2D eigenvalue weighted by molar-refractivity contribution is 7.92. The van der Waals surface area contributed by atoms with Crippen LogP contribution in [-0.4, -0.2) is 95.0 Å². The maximum Gasteiger partial charge on any atom is 0.270 e. The van der Waals surface area contributed by atoms with Crippen molar-refractivity contribution in [3.8, 4) is 0 Å². The molecule has 4 N–H and O–H groups in total. The molecule has 4 rings (SSSR count). The second-order valence-corrected chi connectivity index (χ2v) is 17.7. The number of likely N-dealkylation sites (tertiary alicyclic amines) is 1. The molecule has 264 valence electrons. The number of aliphatic hydroxyl groups is 1. The summed E-state index contributed by atoms with van der Waals surface area (Å²) in [6.07, 6.45) is 6.76. The van der Waals surface area contributed by atoms with Gasteiger partial charge in [0.2, 0.25) is 11.8 Å². The molecule has 1 aromatic carbocycles. The van der Waals surface area contributed by atoms with Gasteiger partial charge in [-0.05, 0) is 83.4 Å². The van der Waals surface area contributed by atoms with Crippen LogP contribution in [0.2, 0.25) is 0 Å². The molecule has 2 aromatic rings. The molecule has 12 heteroatoms.